The molecule has 0 aliphatic carbocycles. The van der Waals surface area contributed by atoms with Crippen molar-refractivity contribution >= 4 is 21.4 Å². The lowest BCUT2D eigenvalue weighted by Gasteiger charge is -2.17. The first-order chi connectivity index (χ1) is 8.74. The summed E-state index contributed by atoms with van der Waals surface area (Å²) in [4.78, 5) is 0. The van der Waals surface area contributed by atoms with Crippen LogP contribution in [0.4, 0.5) is 8.78 Å². The fraction of sp³-hybridized carbons (Fsp3) is 0.455. The molecule has 0 spiro atoms. The van der Waals surface area contributed by atoms with Gasteiger partial charge in [0.15, 0.2) is 0 Å². The number of benzene rings is 1. The highest BCUT2D eigenvalue weighted by atomic mass is 35.5. The Bertz CT molecular complexity index is 552. The molecule has 0 bridgehead atoms. The molecule has 1 atom stereocenters. The summed E-state index contributed by atoms with van der Waals surface area (Å²) < 4.78 is 49.0. The van der Waals surface area contributed by atoms with Gasteiger partial charge in [-0.3, -0.25) is 11.3 Å². The zero-order valence-corrected chi connectivity index (χ0v) is 11.9. The molecule has 0 aromatic heterocycles. The molecule has 0 heterocycles. The van der Waals surface area contributed by atoms with Gasteiger partial charge in [-0.2, -0.15) is 0 Å². The first kappa shape index (κ1) is 16.3. The van der Waals surface area contributed by atoms with E-state index in [1.165, 1.54) is 0 Å². The second kappa shape index (κ2) is 6.60. The first-order valence-corrected chi connectivity index (χ1v) is 7.96. The van der Waals surface area contributed by atoms with Crippen LogP contribution in [0.3, 0.4) is 0 Å². The third-order valence-corrected chi connectivity index (χ3v) is 3.94. The molecule has 0 fully saturated rings. The number of halogens is 3. The minimum atomic E-state index is -3.09. The van der Waals surface area contributed by atoms with Crippen LogP contribution in [0.25, 0.3) is 0 Å². The van der Waals surface area contributed by atoms with Crippen molar-refractivity contribution in [3.63, 3.8) is 0 Å². The zero-order valence-electron chi connectivity index (χ0n) is 10.3. The standard InChI is InChI=1S/C11H15ClF2N2O2S/c1-19(17,18)4-2-3-11(16-15)7-5-10(14)8(12)6-9(7)13/h5-6,11,16H,2-4,15H2,1H3. The normalized spacial score (nSPS) is 13.5. The smallest absolute Gasteiger partial charge is 0.147 e. The van der Waals surface area contributed by atoms with Gasteiger partial charge in [0.25, 0.3) is 0 Å². The van der Waals surface area contributed by atoms with E-state index >= 15 is 0 Å². The van der Waals surface area contributed by atoms with E-state index in [0.717, 1.165) is 18.4 Å². The fourth-order valence-electron chi connectivity index (χ4n) is 1.68. The second-order valence-corrected chi connectivity index (χ2v) is 6.95. The molecule has 0 saturated carbocycles. The lowest BCUT2D eigenvalue weighted by atomic mass is 10.0. The summed E-state index contributed by atoms with van der Waals surface area (Å²) in [5, 5.41) is -0.312. The number of rotatable bonds is 6. The van der Waals surface area contributed by atoms with Crippen LogP contribution in [0.15, 0.2) is 12.1 Å². The molecule has 1 rings (SSSR count). The quantitative estimate of drug-likeness (QED) is 0.478. The Morgan fingerprint density at radius 3 is 2.53 bits per heavy atom. The van der Waals surface area contributed by atoms with Crippen molar-refractivity contribution in [1.29, 1.82) is 0 Å². The van der Waals surface area contributed by atoms with Crippen LogP contribution >= 0.6 is 11.6 Å². The van der Waals surface area contributed by atoms with E-state index in [0.29, 0.717) is 0 Å². The molecule has 4 nitrogen and oxygen atoms in total. The van der Waals surface area contributed by atoms with Crippen LogP contribution in [-0.4, -0.2) is 20.4 Å². The molecule has 1 unspecified atom stereocenters. The van der Waals surface area contributed by atoms with Crippen molar-refractivity contribution in [2.75, 3.05) is 12.0 Å². The van der Waals surface area contributed by atoms with Gasteiger partial charge in [0.2, 0.25) is 0 Å². The Morgan fingerprint density at radius 2 is 2.00 bits per heavy atom. The molecule has 108 valence electrons. The van der Waals surface area contributed by atoms with Crippen molar-refractivity contribution in [3.8, 4) is 0 Å². The summed E-state index contributed by atoms with van der Waals surface area (Å²) in [6.07, 6.45) is 1.67. The number of nitrogens with one attached hydrogen (secondary N) is 1. The monoisotopic (exact) mass is 312 g/mol. The number of sulfone groups is 1. The molecular formula is C11H15ClF2N2O2S. The molecule has 3 N–H and O–H groups in total. The van der Waals surface area contributed by atoms with Crippen molar-refractivity contribution in [2.24, 2.45) is 5.84 Å². The zero-order chi connectivity index (χ0) is 14.6. The Kier molecular flexibility index (Phi) is 5.66. The van der Waals surface area contributed by atoms with Crippen LogP contribution in [0.2, 0.25) is 5.02 Å². The highest BCUT2D eigenvalue weighted by Gasteiger charge is 2.17. The highest BCUT2D eigenvalue weighted by molar-refractivity contribution is 7.90. The predicted molar refractivity (Wildman–Crippen MR) is 70.4 cm³/mol. The maximum Gasteiger partial charge on any atom is 0.147 e. The number of hydrogen-bond acceptors (Lipinski definition) is 4. The van der Waals surface area contributed by atoms with Crippen LogP contribution < -0.4 is 11.3 Å². The van der Waals surface area contributed by atoms with Gasteiger partial charge in [0, 0.05) is 23.6 Å². The maximum atomic E-state index is 13.7. The van der Waals surface area contributed by atoms with Crippen LogP contribution in [0, 0.1) is 11.6 Å². The Morgan fingerprint density at radius 1 is 1.37 bits per heavy atom. The van der Waals surface area contributed by atoms with Crippen LogP contribution in [0.5, 0.6) is 0 Å². The van der Waals surface area contributed by atoms with Crippen LogP contribution in [-0.2, 0) is 9.84 Å². The van der Waals surface area contributed by atoms with Crippen molar-refractivity contribution in [3.05, 3.63) is 34.4 Å². The number of hydrazine groups is 1. The van der Waals surface area contributed by atoms with Gasteiger partial charge in [0.05, 0.1) is 5.02 Å². The Labute approximate surface area is 115 Å². The van der Waals surface area contributed by atoms with E-state index in [-0.39, 0.29) is 29.2 Å². The first-order valence-electron chi connectivity index (χ1n) is 5.53. The molecule has 0 radical (unpaired) electrons. The van der Waals surface area contributed by atoms with E-state index in [9.17, 15) is 17.2 Å². The molecule has 1 aromatic carbocycles. The van der Waals surface area contributed by atoms with Gasteiger partial charge in [-0.25, -0.2) is 17.2 Å². The van der Waals surface area contributed by atoms with Gasteiger partial charge in [-0.05, 0) is 25.0 Å². The summed E-state index contributed by atoms with van der Waals surface area (Å²) in [5.74, 6) is 3.82. The van der Waals surface area contributed by atoms with E-state index in [1.54, 1.807) is 0 Å². The third kappa shape index (κ3) is 5.02. The van der Waals surface area contributed by atoms with Crippen molar-refractivity contribution in [1.82, 2.24) is 5.43 Å². The fourth-order valence-corrected chi connectivity index (χ4v) is 2.52. The summed E-state index contributed by atoms with van der Waals surface area (Å²) in [5.41, 5.74) is 2.37. The maximum absolute atomic E-state index is 13.7. The topological polar surface area (TPSA) is 72.2 Å². The Hall–Kier alpha value is -0.760. The van der Waals surface area contributed by atoms with Gasteiger partial charge in [0.1, 0.15) is 21.5 Å². The summed E-state index contributed by atoms with van der Waals surface area (Å²) in [6, 6.07) is 1.16. The van der Waals surface area contributed by atoms with Crippen molar-refractivity contribution < 1.29 is 17.2 Å². The Balaban J connectivity index is 2.83. The number of nitrogens with two attached hydrogens (primary N) is 1. The predicted octanol–water partition coefficient (Wildman–Crippen LogP) is 1.95. The largest absolute Gasteiger partial charge is 0.271 e. The lowest BCUT2D eigenvalue weighted by molar-refractivity contribution is 0.474. The molecule has 19 heavy (non-hydrogen) atoms. The van der Waals surface area contributed by atoms with E-state index in [4.69, 9.17) is 17.4 Å². The lowest BCUT2D eigenvalue weighted by Crippen LogP contribution is -2.29. The molecule has 8 heteroatoms. The minimum Gasteiger partial charge on any atom is -0.271 e. The third-order valence-electron chi connectivity index (χ3n) is 2.62. The average Bonchev–Trinajstić information content (AvgIpc) is 2.29. The average molecular weight is 313 g/mol. The van der Waals surface area contributed by atoms with Gasteiger partial charge >= 0.3 is 0 Å². The summed E-state index contributed by atoms with van der Waals surface area (Å²) in [6.45, 7) is 0. The van der Waals surface area contributed by atoms with Gasteiger partial charge in [-0.15, -0.1) is 0 Å². The molecule has 0 amide bonds. The number of hydrogen-bond donors (Lipinski definition) is 2. The molecule has 0 saturated heterocycles. The molecular weight excluding hydrogens is 298 g/mol. The minimum absolute atomic E-state index is 0.0258. The summed E-state index contributed by atoms with van der Waals surface area (Å²) >= 11 is 5.45. The van der Waals surface area contributed by atoms with E-state index < -0.39 is 27.5 Å². The highest BCUT2D eigenvalue weighted by Crippen LogP contribution is 2.26. The summed E-state index contributed by atoms with van der Waals surface area (Å²) in [7, 11) is -3.09. The molecule has 1 aromatic rings. The SMILES string of the molecule is CS(=O)(=O)CCCC(NN)c1cc(F)c(Cl)cc1F. The van der Waals surface area contributed by atoms with E-state index in [2.05, 4.69) is 5.43 Å². The van der Waals surface area contributed by atoms with Gasteiger partial charge in [-0.1, -0.05) is 11.6 Å². The molecule has 0 aliphatic heterocycles. The van der Waals surface area contributed by atoms with E-state index in [1.807, 2.05) is 0 Å². The van der Waals surface area contributed by atoms with Crippen molar-refractivity contribution in [2.45, 2.75) is 18.9 Å². The second-order valence-electron chi connectivity index (χ2n) is 4.28. The van der Waals surface area contributed by atoms with Gasteiger partial charge < -0.3 is 0 Å². The van der Waals surface area contributed by atoms with Crippen LogP contribution in [0.1, 0.15) is 24.4 Å². The molecule has 0 aliphatic rings.